The summed E-state index contributed by atoms with van der Waals surface area (Å²) in [6.07, 6.45) is 5.78. The van der Waals surface area contributed by atoms with Gasteiger partial charge in [-0.3, -0.25) is 9.59 Å². The maximum absolute atomic E-state index is 12.6. The van der Waals surface area contributed by atoms with E-state index < -0.39 is 0 Å². The number of carbonyl (C=O) groups is 2. The molecule has 2 saturated carbocycles. The lowest BCUT2D eigenvalue weighted by Gasteiger charge is -2.20. The molecule has 5 heteroatoms. The Kier molecular flexibility index (Phi) is 4.27. The molecule has 4 nitrogen and oxygen atoms in total. The minimum absolute atomic E-state index is 0.0215. The summed E-state index contributed by atoms with van der Waals surface area (Å²) >= 11 is 1.51. The lowest BCUT2D eigenvalue weighted by molar-refractivity contribution is -0.119. The van der Waals surface area contributed by atoms with Gasteiger partial charge in [-0.15, -0.1) is 0 Å². The molecule has 2 aromatic rings. The zero-order chi connectivity index (χ0) is 16.5. The standard InChI is InChI=1S/C19H20N2O2S/c22-16-7-3-4-8-17(16)24-18-11-14(19(23)20-12-9-10-12)13-5-1-2-6-15(13)21-18/h1-2,5-6,11-12,17H,3-4,7-10H2,(H,20,23). The Morgan fingerprint density at radius 1 is 1.17 bits per heavy atom. The predicted molar refractivity (Wildman–Crippen MR) is 95.4 cm³/mol. The highest BCUT2D eigenvalue weighted by Crippen LogP contribution is 2.33. The summed E-state index contributed by atoms with van der Waals surface area (Å²) in [6.45, 7) is 0. The summed E-state index contributed by atoms with van der Waals surface area (Å²) in [4.78, 5) is 29.4. The van der Waals surface area contributed by atoms with E-state index in [-0.39, 0.29) is 11.2 Å². The molecular formula is C19H20N2O2S. The summed E-state index contributed by atoms with van der Waals surface area (Å²) in [6, 6.07) is 9.89. The Labute approximate surface area is 145 Å². The molecule has 1 unspecified atom stereocenters. The van der Waals surface area contributed by atoms with Crippen molar-refractivity contribution in [1.82, 2.24) is 10.3 Å². The summed E-state index contributed by atoms with van der Waals surface area (Å²) in [5.74, 6) is 0.276. The van der Waals surface area contributed by atoms with E-state index in [9.17, 15) is 9.59 Å². The maximum Gasteiger partial charge on any atom is 0.252 e. The predicted octanol–water partition coefficient (Wildman–Crippen LogP) is 3.73. The number of rotatable bonds is 4. The average Bonchev–Trinajstić information content (AvgIpc) is 3.40. The van der Waals surface area contributed by atoms with Crippen LogP contribution in [0.2, 0.25) is 0 Å². The number of thioether (sulfide) groups is 1. The Morgan fingerprint density at radius 2 is 2.00 bits per heavy atom. The van der Waals surface area contributed by atoms with Crippen LogP contribution in [0, 0.1) is 0 Å². The topological polar surface area (TPSA) is 59.1 Å². The van der Waals surface area contributed by atoms with Crippen LogP contribution in [0.25, 0.3) is 10.9 Å². The van der Waals surface area contributed by atoms with Crippen LogP contribution >= 0.6 is 11.8 Å². The zero-order valence-electron chi connectivity index (χ0n) is 13.5. The molecule has 2 aliphatic rings. The molecule has 1 aromatic carbocycles. The Hall–Kier alpha value is -1.88. The second-order valence-corrected chi connectivity index (χ2v) is 7.81. The van der Waals surface area contributed by atoms with Gasteiger partial charge in [0.05, 0.1) is 21.4 Å². The van der Waals surface area contributed by atoms with Crippen molar-refractivity contribution in [2.75, 3.05) is 0 Å². The highest BCUT2D eigenvalue weighted by atomic mass is 32.2. The quantitative estimate of drug-likeness (QED) is 0.921. The summed E-state index contributed by atoms with van der Waals surface area (Å²) in [5, 5.41) is 4.68. The number of pyridine rings is 1. The SMILES string of the molecule is O=C(NC1CC1)c1cc(SC2CCCCC2=O)nc2ccccc12. The second kappa shape index (κ2) is 6.55. The second-order valence-electron chi connectivity index (χ2n) is 6.59. The van der Waals surface area contributed by atoms with E-state index in [1.54, 1.807) is 0 Å². The normalized spacial score (nSPS) is 21.0. The Morgan fingerprint density at radius 3 is 2.79 bits per heavy atom. The molecule has 1 atom stereocenters. The highest BCUT2D eigenvalue weighted by Gasteiger charge is 2.27. The first kappa shape index (κ1) is 15.6. The molecule has 0 spiro atoms. The number of ketones is 1. The van der Waals surface area contributed by atoms with Crippen LogP contribution in [0.5, 0.6) is 0 Å². The summed E-state index contributed by atoms with van der Waals surface area (Å²) in [5.41, 5.74) is 1.48. The number of carbonyl (C=O) groups excluding carboxylic acids is 2. The van der Waals surface area contributed by atoms with E-state index in [2.05, 4.69) is 10.3 Å². The number of para-hydroxylation sites is 1. The van der Waals surface area contributed by atoms with Gasteiger partial charge in [0.1, 0.15) is 5.78 Å². The molecule has 24 heavy (non-hydrogen) atoms. The van der Waals surface area contributed by atoms with E-state index in [1.807, 2.05) is 30.3 Å². The van der Waals surface area contributed by atoms with Gasteiger partial charge >= 0.3 is 0 Å². The zero-order valence-corrected chi connectivity index (χ0v) is 14.3. The van der Waals surface area contributed by atoms with Crippen molar-refractivity contribution in [3.63, 3.8) is 0 Å². The molecule has 0 bridgehead atoms. The minimum atomic E-state index is -0.0343. The molecule has 0 radical (unpaired) electrons. The number of hydrogen-bond donors (Lipinski definition) is 1. The van der Waals surface area contributed by atoms with Crippen LogP contribution in [0.1, 0.15) is 48.9 Å². The van der Waals surface area contributed by atoms with Gasteiger partial charge in [-0.2, -0.15) is 0 Å². The smallest absolute Gasteiger partial charge is 0.252 e. The third kappa shape index (κ3) is 3.31. The lowest BCUT2D eigenvalue weighted by Crippen LogP contribution is -2.26. The van der Waals surface area contributed by atoms with Gasteiger partial charge < -0.3 is 5.32 Å². The summed E-state index contributed by atoms with van der Waals surface area (Å²) < 4.78 is 0. The molecule has 2 aliphatic carbocycles. The van der Waals surface area contributed by atoms with E-state index in [0.717, 1.165) is 48.0 Å². The van der Waals surface area contributed by atoms with Crippen LogP contribution < -0.4 is 5.32 Å². The first-order valence-corrected chi connectivity index (χ1v) is 9.49. The molecule has 1 aromatic heterocycles. The van der Waals surface area contributed by atoms with Gasteiger partial charge in [0.15, 0.2) is 0 Å². The fraction of sp³-hybridized carbons (Fsp3) is 0.421. The van der Waals surface area contributed by atoms with Crippen LogP contribution in [-0.4, -0.2) is 28.0 Å². The first-order chi connectivity index (χ1) is 11.7. The third-order valence-corrected chi connectivity index (χ3v) is 5.85. The fourth-order valence-electron chi connectivity index (χ4n) is 3.11. The van der Waals surface area contributed by atoms with E-state index >= 15 is 0 Å². The maximum atomic E-state index is 12.6. The van der Waals surface area contributed by atoms with Gasteiger partial charge in [-0.1, -0.05) is 36.4 Å². The van der Waals surface area contributed by atoms with Crippen molar-refractivity contribution >= 4 is 34.4 Å². The van der Waals surface area contributed by atoms with Gasteiger partial charge in [-0.25, -0.2) is 4.98 Å². The molecule has 0 saturated heterocycles. The molecule has 1 amide bonds. The number of benzene rings is 1. The molecule has 124 valence electrons. The van der Waals surface area contributed by atoms with Crippen molar-refractivity contribution < 1.29 is 9.59 Å². The molecule has 1 heterocycles. The largest absolute Gasteiger partial charge is 0.349 e. The molecule has 4 rings (SSSR count). The fourth-order valence-corrected chi connectivity index (χ4v) is 4.27. The number of amides is 1. The van der Waals surface area contributed by atoms with E-state index in [1.165, 1.54) is 11.8 Å². The van der Waals surface area contributed by atoms with E-state index in [0.29, 0.717) is 23.8 Å². The van der Waals surface area contributed by atoms with Crippen LogP contribution in [0.4, 0.5) is 0 Å². The molecule has 0 aliphatic heterocycles. The van der Waals surface area contributed by atoms with Crippen molar-refractivity contribution in [3.8, 4) is 0 Å². The Bertz CT molecular complexity index is 801. The molecule has 1 N–H and O–H groups in total. The van der Waals surface area contributed by atoms with E-state index in [4.69, 9.17) is 0 Å². The first-order valence-electron chi connectivity index (χ1n) is 8.61. The number of nitrogens with zero attached hydrogens (tertiary/aromatic N) is 1. The Balaban J connectivity index is 1.67. The van der Waals surface area contributed by atoms with Crippen molar-refractivity contribution in [1.29, 1.82) is 0 Å². The molecule has 2 fully saturated rings. The molecular weight excluding hydrogens is 320 g/mol. The monoisotopic (exact) mass is 340 g/mol. The number of hydrogen-bond acceptors (Lipinski definition) is 4. The lowest BCUT2D eigenvalue weighted by atomic mass is 9.99. The third-order valence-electron chi connectivity index (χ3n) is 4.61. The van der Waals surface area contributed by atoms with Crippen molar-refractivity contribution in [3.05, 3.63) is 35.9 Å². The number of Topliss-reactive ketones (excluding diaryl/α,β-unsaturated/α-hetero) is 1. The van der Waals surface area contributed by atoms with Crippen LogP contribution in [-0.2, 0) is 4.79 Å². The van der Waals surface area contributed by atoms with Crippen LogP contribution in [0.3, 0.4) is 0 Å². The van der Waals surface area contributed by atoms with Gasteiger partial charge in [0.2, 0.25) is 0 Å². The van der Waals surface area contributed by atoms with Crippen molar-refractivity contribution in [2.24, 2.45) is 0 Å². The minimum Gasteiger partial charge on any atom is -0.349 e. The van der Waals surface area contributed by atoms with Gasteiger partial charge in [0, 0.05) is 17.8 Å². The van der Waals surface area contributed by atoms with Crippen LogP contribution in [0.15, 0.2) is 35.4 Å². The summed E-state index contributed by atoms with van der Waals surface area (Å²) in [7, 11) is 0. The number of nitrogens with one attached hydrogen (secondary N) is 1. The average molecular weight is 340 g/mol. The van der Waals surface area contributed by atoms with Crippen molar-refractivity contribution in [2.45, 2.75) is 54.8 Å². The van der Waals surface area contributed by atoms with Gasteiger partial charge in [0.25, 0.3) is 5.91 Å². The van der Waals surface area contributed by atoms with Gasteiger partial charge in [-0.05, 0) is 37.8 Å². The number of fused-ring (bicyclic) bond motifs is 1. The number of aromatic nitrogens is 1. The highest BCUT2D eigenvalue weighted by molar-refractivity contribution is 8.00.